The molecule has 0 aliphatic carbocycles. The Balaban J connectivity index is 1.41. The predicted molar refractivity (Wildman–Crippen MR) is 137 cm³/mol. The maximum absolute atomic E-state index is 13.5. The third-order valence-electron chi connectivity index (χ3n) is 6.11. The number of aromatic carboxylic acids is 1. The molecule has 1 aromatic heterocycles. The van der Waals surface area contributed by atoms with Gasteiger partial charge >= 0.3 is 5.97 Å². The SMILES string of the molecule is O=C(O)c1cc(N2CCN(c3ccccc3)CC2)nc2ccc(NS(=O)(=O)c3cccc(F)c3)cc12. The monoisotopic (exact) mass is 506 g/mol. The van der Waals surface area contributed by atoms with Crippen molar-refractivity contribution in [3.8, 4) is 0 Å². The highest BCUT2D eigenvalue weighted by Crippen LogP contribution is 2.28. The van der Waals surface area contributed by atoms with E-state index in [1.54, 1.807) is 6.07 Å². The van der Waals surface area contributed by atoms with Gasteiger partial charge in [0.25, 0.3) is 10.0 Å². The lowest BCUT2D eigenvalue weighted by molar-refractivity contribution is 0.0699. The summed E-state index contributed by atoms with van der Waals surface area (Å²) in [6, 6.07) is 20.8. The number of nitrogens with zero attached hydrogens (tertiary/aromatic N) is 3. The Labute approximate surface area is 207 Å². The summed E-state index contributed by atoms with van der Waals surface area (Å²) in [6.07, 6.45) is 0. The summed E-state index contributed by atoms with van der Waals surface area (Å²) in [7, 11) is -4.06. The van der Waals surface area contributed by atoms with Crippen molar-refractivity contribution >= 4 is 44.1 Å². The van der Waals surface area contributed by atoms with Crippen LogP contribution in [0, 0.1) is 5.82 Å². The van der Waals surface area contributed by atoms with Gasteiger partial charge in [-0.3, -0.25) is 4.72 Å². The number of hydrogen-bond donors (Lipinski definition) is 2. The number of anilines is 3. The second kappa shape index (κ2) is 9.46. The number of rotatable bonds is 6. The Morgan fingerprint density at radius 2 is 1.61 bits per heavy atom. The number of carboxylic acids is 1. The molecule has 2 heterocycles. The zero-order valence-corrected chi connectivity index (χ0v) is 20.0. The lowest BCUT2D eigenvalue weighted by Crippen LogP contribution is -2.46. The van der Waals surface area contributed by atoms with Crippen LogP contribution in [-0.2, 0) is 10.0 Å². The molecule has 0 amide bonds. The summed E-state index contributed by atoms with van der Waals surface area (Å²) in [6.45, 7) is 2.90. The topological polar surface area (TPSA) is 103 Å². The molecule has 2 N–H and O–H groups in total. The van der Waals surface area contributed by atoms with Crippen molar-refractivity contribution in [1.29, 1.82) is 0 Å². The van der Waals surface area contributed by atoms with Crippen LogP contribution < -0.4 is 14.5 Å². The molecule has 1 aliphatic rings. The lowest BCUT2D eigenvalue weighted by Gasteiger charge is -2.37. The Kier molecular flexibility index (Phi) is 6.19. The molecular formula is C26H23FN4O4S. The second-order valence-corrected chi connectivity index (χ2v) is 10.1. The van der Waals surface area contributed by atoms with Crippen LogP contribution in [0.25, 0.3) is 10.9 Å². The maximum Gasteiger partial charge on any atom is 0.336 e. The highest BCUT2D eigenvalue weighted by atomic mass is 32.2. The number of carbonyl (C=O) groups is 1. The van der Waals surface area contributed by atoms with E-state index in [0.29, 0.717) is 29.8 Å². The molecular weight excluding hydrogens is 483 g/mol. The van der Waals surface area contributed by atoms with Gasteiger partial charge in [0, 0.05) is 42.9 Å². The van der Waals surface area contributed by atoms with Crippen LogP contribution in [0.1, 0.15) is 10.4 Å². The number of piperazine rings is 1. The third kappa shape index (κ3) is 4.80. The Morgan fingerprint density at radius 3 is 2.31 bits per heavy atom. The molecule has 0 radical (unpaired) electrons. The summed E-state index contributed by atoms with van der Waals surface area (Å²) < 4.78 is 41.3. The third-order valence-corrected chi connectivity index (χ3v) is 7.49. The Bertz CT molecular complexity index is 1540. The molecule has 0 atom stereocenters. The smallest absolute Gasteiger partial charge is 0.336 e. The van der Waals surface area contributed by atoms with Gasteiger partial charge in [0.15, 0.2) is 0 Å². The fourth-order valence-corrected chi connectivity index (χ4v) is 5.38. The summed E-state index contributed by atoms with van der Waals surface area (Å²) in [5.74, 6) is -1.26. The molecule has 8 nitrogen and oxygen atoms in total. The average molecular weight is 507 g/mol. The van der Waals surface area contributed by atoms with Crippen molar-refractivity contribution in [3.05, 3.63) is 90.2 Å². The van der Waals surface area contributed by atoms with Gasteiger partial charge in [0.05, 0.1) is 16.0 Å². The second-order valence-electron chi connectivity index (χ2n) is 8.44. The van der Waals surface area contributed by atoms with Gasteiger partial charge in [-0.1, -0.05) is 24.3 Å². The summed E-state index contributed by atoms with van der Waals surface area (Å²) in [4.78, 5) is 20.9. The van der Waals surface area contributed by atoms with Crippen molar-refractivity contribution in [2.75, 3.05) is 40.7 Å². The number of carboxylic acid groups (broad SMARTS) is 1. The number of benzene rings is 3. The number of pyridine rings is 1. The van der Waals surface area contributed by atoms with Gasteiger partial charge in [-0.15, -0.1) is 0 Å². The number of sulfonamides is 1. The van der Waals surface area contributed by atoms with Crippen LogP contribution in [-0.4, -0.2) is 50.7 Å². The number of hydrogen-bond acceptors (Lipinski definition) is 6. The first kappa shape index (κ1) is 23.6. The van der Waals surface area contributed by atoms with Crippen LogP contribution >= 0.6 is 0 Å². The van der Waals surface area contributed by atoms with Gasteiger partial charge in [-0.2, -0.15) is 0 Å². The summed E-state index contributed by atoms with van der Waals surface area (Å²) in [5, 5.41) is 10.2. The molecule has 5 rings (SSSR count). The van der Waals surface area contributed by atoms with Gasteiger partial charge in [0.2, 0.25) is 0 Å². The van der Waals surface area contributed by atoms with E-state index in [1.807, 2.05) is 23.1 Å². The first-order valence-corrected chi connectivity index (χ1v) is 12.8. The molecule has 10 heteroatoms. The van der Waals surface area contributed by atoms with Crippen LogP contribution in [0.4, 0.5) is 21.6 Å². The fraction of sp³-hybridized carbons (Fsp3) is 0.154. The van der Waals surface area contributed by atoms with E-state index >= 15 is 0 Å². The molecule has 36 heavy (non-hydrogen) atoms. The van der Waals surface area contributed by atoms with E-state index in [4.69, 9.17) is 0 Å². The summed E-state index contributed by atoms with van der Waals surface area (Å²) >= 11 is 0. The molecule has 4 aromatic rings. The first-order valence-electron chi connectivity index (χ1n) is 11.3. The molecule has 0 unspecified atom stereocenters. The normalized spacial score (nSPS) is 14.1. The van der Waals surface area contributed by atoms with Crippen molar-refractivity contribution in [2.45, 2.75) is 4.90 Å². The van der Waals surface area contributed by atoms with Gasteiger partial charge in [-0.25, -0.2) is 22.6 Å². The standard InChI is InChI=1S/C26H23FN4O4S/c27-18-5-4-8-21(15-18)36(34,35)29-19-9-10-24-22(16-19)23(26(32)33)17-25(28-24)31-13-11-30(12-14-31)20-6-2-1-3-7-20/h1-10,15-17,29H,11-14H2,(H,32,33). The van der Waals surface area contributed by atoms with Crippen molar-refractivity contribution in [3.63, 3.8) is 0 Å². The van der Waals surface area contributed by atoms with Crippen molar-refractivity contribution in [2.24, 2.45) is 0 Å². The highest BCUT2D eigenvalue weighted by molar-refractivity contribution is 7.92. The molecule has 1 saturated heterocycles. The fourth-order valence-electron chi connectivity index (χ4n) is 4.30. The lowest BCUT2D eigenvalue weighted by atomic mass is 10.1. The number of para-hydroxylation sites is 1. The molecule has 0 saturated carbocycles. The number of halogens is 1. The molecule has 1 aliphatic heterocycles. The highest BCUT2D eigenvalue weighted by Gasteiger charge is 2.22. The number of nitrogens with one attached hydrogen (secondary N) is 1. The molecule has 0 bridgehead atoms. The van der Waals surface area contributed by atoms with Gasteiger partial charge < -0.3 is 14.9 Å². The maximum atomic E-state index is 13.5. The van der Waals surface area contributed by atoms with Crippen molar-refractivity contribution < 1.29 is 22.7 Å². The minimum Gasteiger partial charge on any atom is -0.478 e. The zero-order chi connectivity index (χ0) is 25.3. The Hall–Kier alpha value is -4.18. The predicted octanol–water partition coefficient (Wildman–Crippen LogP) is 4.20. The van der Waals surface area contributed by atoms with E-state index in [1.165, 1.54) is 30.3 Å². The molecule has 3 aromatic carbocycles. The Morgan fingerprint density at radius 1 is 0.889 bits per heavy atom. The van der Waals surface area contributed by atoms with E-state index in [0.717, 1.165) is 30.9 Å². The zero-order valence-electron chi connectivity index (χ0n) is 19.1. The van der Waals surface area contributed by atoms with Crippen molar-refractivity contribution in [1.82, 2.24) is 4.98 Å². The average Bonchev–Trinajstić information content (AvgIpc) is 2.88. The largest absolute Gasteiger partial charge is 0.478 e. The quantitative estimate of drug-likeness (QED) is 0.404. The van der Waals surface area contributed by atoms with Crippen LogP contribution in [0.15, 0.2) is 83.8 Å². The number of aromatic nitrogens is 1. The molecule has 0 spiro atoms. The molecule has 184 valence electrons. The van der Waals surface area contributed by atoms with Gasteiger partial charge in [0.1, 0.15) is 11.6 Å². The summed E-state index contributed by atoms with van der Waals surface area (Å²) in [5.41, 5.74) is 1.75. The minimum atomic E-state index is -4.06. The van der Waals surface area contributed by atoms with E-state index < -0.39 is 21.8 Å². The van der Waals surface area contributed by atoms with Crippen LogP contribution in [0.3, 0.4) is 0 Å². The van der Waals surface area contributed by atoms with E-state index in [-0.39, 0.29) is 16.1 Å². The van der Waals surface area contributed by atoms with Crippen LogP contribution in [0.5, 0.6) is 0 Å². The van der Waals surface area contributed by atoms with Gasteiger partial charge in [-0.05, 0) is 54.6 Å². The van der Waals surface area contributed by atoms with E-state index in [2.05, 4.69) is 26.7 Å². The molecule has 1 fully saturated rings. The first-order chi connectivity index (χ1) is 17.3. The minimum absolute atomic E-state index is 0.0206. The van der Waals surface area contributed by atoms with E-state index in [9.17, 15) is 22.7 Å². The number of fused-ring (bicyclic) bond motifs is 1. The van der Waals surface area contributed by atoms with Crippen LogP contribution in [0.2, 0.25) is 0 Å².